The van der Waals surface area contributed by atoms with Gasteiger partial charge in [-0.15, -0.1) is 19.1 Å². The summed E-state index contributed by atoms with van der Waals surface area (Å²) in [4.78, 5) is 0. The summed E-state index contributed by atoms with van der Waals surface area (Å²) in [6.45, 7) is 2.11. The van der Waals surface area contributed by atoms with E-state index in [1.807, 2.05) is 0 Å². The average Bonchev–Trinajstić information content (AvgIpc) is 2.25. The third kappa shape index (κ3) is 4.10. The molecule has 0 saturated carbocycles. The van der Waals surface area contributed by atoms with Crippen LogP contribution in [-0.4, -0.2) is 74.5 Å². The standard InChI is InChI=1S/C11H28N4OP.BrH/c1-12(2)17(13(3)4,14(5)6)16-15-10-8-7-9-11-15;/h7-11H2,1-6H3;1H/q+1;/p-1. The van der Waals surface area contributed by atoms with Gasteiger partial charge in [-0.25, -0.2) is 0 Å². The van der Waals surface area contributed by atoms with Crippen molar-refractivity contribution in [1.82, 2.24) is 19.1 Å². The zero-order chi connectivity index (χ0) is 13.1. The third-order valence-electron chi connectivity index (χ3n) is 3.10. The van der Waals surface area contributed by atoms with Crippen LogP contribution in [0.15, 0.2) is 0 Å². The number of halogens is 1. The molecule has 1 fully saturated rings. The fourth-order valence-electron chi connectivity index (χ4n) is 2.39. The highest BCUT2D eigenvalue weighted by molar-refractivity contribution is 7.64. The van der Waals surface area contributed by atoms with Crippen molar-refractivity contribution in [3.8, 4) is 0 Å². The smallest absolute Gasteiger partial charge is 0.393 e. The molecule has 0 unspecified atom stereocenters. The van der Waals surface area contributed by atoms with Crippen LogP contribution in [0.4, 0.5) is 0 Å². The van der Waals surface area contributed by atoms with E-state index in [1.54, 1.807) is 0 Å². The maximum absolute atomic E-state index is 6.39. The van der Waals surface area contributed by atoms with Crippen molar-refractivity contribution in [1.29, 1.82) is 0 Å². The molecule has 0 atom stereocenters. The molecule has 7 heteroatoms. The Kier molecular flexibility index (Phi) is 8.42. The van der Waals surface area contributed by atoms with Gasteiger partial charge in [-0.2, -0.15) is 0 Å². The van der Waals surface area contributed by atoms with E-state index < -0.39 is 7.94 Å². The van der Waals surface area contributed by atoms with Crippen molar-refractivity contribution in [2.45, 2.75) is 19.3 Å². The van der Waals surface area contributed by atoms with Gasteiger partial charge in [0, 0.05) is 55.4 Å². The summed E-state index contributed by atoms with van der Waals surface area (Å²) in [6, 6.07) is 0. The number of rotatable bonds is 5. The topological polar surface area (TPSA) is 22.2 Å². The first-order valence-electron chi connectivity index (χ1n) is 6.28. The Balaban J connectivity index is 0.00000289. The molecule has 18 heavy (non-hydrogen) atoms. The van der Waals surface area contributed by atoms with E-state index in [0.29, 0.717) is 0 Å². The van der Waals surface area contributed by atoms with Gasteiger partial charge in [-0.3, -0.25) is 0 Å². The first-order valence-corrected chi connectivity index (χ1v) is 7.85. The van der Waals surface area contributed by atoms with Crippen molar-refractivity contribution in [3.05, 3.63) is 0 Å². The summed E-state index contributed by atoms with van der Waals surface area (Å²) in [5.74, 6) is 0. The lowest BCUT2D eigenvalue weighted by Gasteiger charge is -2.39. The highest BCUT2D eigenvalue weighted by Crippen LogP contribution is 2.65. The zero-order valence-electron chi connectivity index (χ0n) is 12.6. The molecule has 0 aromatic carbocycles. The fraction of sp³-hybridized carbons (Fsp3) is 1.00. The number of hydrogen-bond acceptors (Lipinski definition) is 5. The van der Waals surface area contributed by atoms with E-state index in [4.69, 9.17) is 4.62 Å². The minimum Gasteiger partial charge on any atom is -1.00 e. The quantitative estimate of drug-likeness (QED) is 0.582. The Hall–Kier alpha value is 0.710. The van der Waals surface area contributed by atoms with Gasteiger partial charge in [0.05, 0.1) is 0 Å². The molecular formula is C11H28BrN4OP. The van der Waals surface area contributed by atoms with Crippen LogP contribution in [0.1, 0.15) is 19.3 Å². The van der Waals surface area contributed by atoms with Crippen molar-refractivity contribution in [3.63, 3.8) is 0 Å². The summed E-state index contributed by atoms with van der Waals surface area (Å²) in [5.41, 5.74) is 0. The Bertz CT molecular complexity index is 213. The Morgan fingerprint density at radius 1 is 0.778 bits per heavy atom. The minimum absolute atomic E-state index is 0. The van der Waals surface area contributed by atoms with Gasteiger partial charge in [0.1, 0.15) is 0 Å². The summed E-state index contributed by atoms with van der Waals surface area (Å²) in [7, 11) is 10.7. The van der Waals surface area contributed by atoms with E-state index >= 15 is 0 Å². The van der Waals surface area contributed by atoms with E-state index in [2.05, 4.69) is 61.4 Å². The van der Waals surface area contributed by atoms with Crippen LogP contribution < -0.4 is 17.0 Å². The van der Waals surface area contributed by atoms with Gasteiger partial charge in [-0.05, 0) is 12.8 Å². The fourth-order valence-corrected chi connectivity index (χ4v) is 5.45. The molecule has 1 aliphatic rings. The predicted octanol–water partition coefficient (Wildman–Crippen LogP) is -1.23. The van der Waals surface area contributed by atoms with Crippen molar-refractivity contribution in [2.75, 3.05) is 55.4 Å². The zero-order valence-corrected chi connectivity index (χ0v) is 15.0. The van der Waals surface area contributed by atoms with Crippen molar-refractivity contribution >= 4 is 7.94 Å². The van der Waals surface area contributed by atoms with Crippen molar-refractivity contribution < 1.29 is 21.6 Å². The lowest BCUT2D eigenvalue weighted by atomic mass is 10.2. The normalized spacial score (nSPS) is 18.5. The minimum atomic E-state index is -1.85. The van der Waals surface area contributed by atoms with E-state index in [0.717, 1.165) is 13.1 Å². The maximum atomic E-state index is 6.39. The second-order valence-electron chi connectivity index (χ2n) is 5.13. The maximum Gasteiger partial charge on any atom is 0.393 e. The van der Waals surface area contributed by atoms with Crippen LogP contribution in [0.5, 0.6) is 0 Å². The van der Waals surface area contributed by atoms with Gasteiger partial charge in [0.2, 0.25) is 0 Å². The predicted molar refractivity (Wildman–Crippen MR) is 74.5 cm³/mol. The monoisotopic (exact) mass is 342 g/mol. The van der Waals surface area contributed by atoms with Gasteiger partial charge in [0.25, 0.3) is 0 Å². The highest BCUT2D eigenvalue weighted by Gasteiger charge is 2.53. The van der Waals surface area contributed by atoms with Crippen LogP contribution in [0.2, 0.25) is 0 Å². The molecule has 0 aliphatic carbocycles. The summed E-state index contributed by atoms with van der Waals surface area (Å²) in [6.07, 6.45) is 3.82. The number of piperidine rings is 1. The summed E-state index contributed by atoms with van der Waals surface area (Å²) >= 11 is 0. The van der Waals surface area contributed by atoms with E-state index in [-0.39, 0.29) is 17.0 Å². The van der Waals surface area contributed by atoms with Crippen LogP contribution >= 0.6 is 7.94 Å². The third-order valence-corrected chi connectivity index (χ3v) is 6.68. The molecule has 0 radical (unpaired) electrons. The second kappa shape index (κ2) is 8.10. The summed E-state index contributed by atoms with van der Waals surface area (Å²) in [5, 5.41) is 2.15. The molecular weight excluding hydrogens is 315 g/mol. The molecule has 0 aromatic rings. The molecule has 0 amide bonds. The van der Waals surface area contributed by atoms with Crippen LogP contribution in [-0.2, 0) is 4.62 Å². The lowest BCUT2D eigenvalue weighted by molar-refractivity contribution is -0.0851. The largest absolute Gasteiger partial charge is 1.00 e. The summed E-state index contributed by atoms with van der Waals surface area (Å²) < 4.78 is 13.0. The number of hydrogen-bond donors (Lipinski definition) is 0. The SMILES string of the molecule is CN(C)[P+](ON1CCCCC1)(N(C)C)N(C)C.[Br-]. The van der Waals surface area contributed by atoms with E-state index in [1.165, 1.54) is 19.3 Å². The first-order chi connectivity index (χ1) is 7.91. The molecule has 1 heterocycles. The molecule has 0 N–H and O–H groups in total. The molecule has 0 bridgehead atoms. The molecule has 0 aromatic heterocycles. The van der Waals surface area contributed by atoms with Crippen LogP contribution in [0, 0.1) is 0 Å². The molecule has 0 spiro atoms. The van der Waals surface area contributed by atoms with Gasteiger partial charge >= 0.3 is 7.94 Å². The second-order valence-corrected chi connectivity index (χ2v) is 8.72. The first kappa shape index (κ1) is 18.7. The number of nitrogens with zero attached hydrogens (tertiary/aromatic N) is 4. The van der Waals surface area contributed by atoms with Gasteiger partial charge in [0.15, 0.2) is 0 Å². The molecule has 5 nitrogen and oxygen atoms in total. The Labute approximate surface area is 123 Å². The molecule has 1 rings (SSSR count). The average molecular weight is 343 g/mol. The van der Waals surface area contributed by atoms with Gasteiger partial charge < -0.3 is 17.0 Å². The van der Waals surface area contributed by atoms with Crippen LogP contribution in [0.25, 0.3) is 0 Å². The van der Waals surface area contributed by atoms with Crippen LogP contribution in [0.3, 0.4) is 0 Å². The molecule has 110 valence electrons. The lowest BCUT2D eigenvalue weighted by Crippen LogP contribution is -3.00. The number of hydroxylamine groups is 2. The van der Waals surface area contributed by atoms with Gasteiger partial charge in [-0.1, -0.05) is 11.0 Å². The highest BCUT2D eigenvalue weighted by atomic mass is 79.9. The molecule has 1 saturated heterocycles. The van der Waals surface area contributed by atoms with E-state index in [9.17, 15) is 0 Å². The Morgan fingerprint density at radius 3 is 1.50 bits per heavy atom. The van der Waals surface area contributed by atoms with Crippen molar-refractivity contribution in [2.24, 2.45) is 0 Å². The molecule has 1 aliphatic heterocycles. The Morgan fingerprint density at radius 2 is 1.17 bits per heavy atom.